The summed E-state index contributed by atoms with van der Waals surface area (Å²) < 4.78 is 5.80. The van der Waals surface area contributed by atoms with E-state index in [4.69, 9.17) is 15.6 Å². The molecule has 0 spiro atoms. The van der Waals surface area contributed by atoms with Gasteiger partial charge in [-0.25, -0.2) is 0 Å². The standard InChI is InChI=1S/C11H21NO3/c1-3-8-5-7(10(12)11(13)14)6-9(4-2)15-8/h7-10H,3-6,12H2,1-2H3,(H,13,14)/t7?,8-,9+,10?. The maximum absolute atomic E-state index is 10.8. The van der Waals surface area contributed by atoms with Gasteiger partial charge in [0.1, 0.15) is 6.04 Å². The number of hydrogen-bond acceptors (Lipinski definition) is 3. The monoisotopic (exact) mass is 215 g/mol. The third-order valence-electron chi connectivity index (χ3n) is 3.22. The summed E-state index contributed by atoms with van der Waals surface area (Å²) in [7, 11) is 0. The average Bonchev–Trinajstić information content (AvgIpc) is 2.27. The summed E-state index contributed by atoms with van der Waals surface area (Å²) in [5.41, 5.74) is 5.67. The van der Waals surface area contributed by atoms with Crippen LogP contribution in [0.2, 0.25) is 0 Å². The highest BCUT2D eigenvalue weighted by atomic mass is 16.5. The van der Waals surface area contributed by atoms with Crippen molar-refractivity contribution < 1.29 is 14.6 Å². The lowest BCUT2D eigenvalue weighted by Gasteiger charge is -2.36. The van der Waals surface area contributed by atoms with Crippen molar-refractivity contribution in [2.75, 3.05) is 0 Å². The van der Waals surface area contributed by atoms with E-state index < -0.39 is 12.0 Å². The number of hydrogen-bond donors (Lipinski definition) is 2. The first-order chi connectivity index (χ1) is 7.08. The third kappa shape index (κ3) is 3.18. The molecule has 3 N–H and O–H groups in total. The van der Waals surface area contributed by atoms with E-state index in [1.807, 2.05) is 0 Å². The minimum Gasteiger partial charge on any atom is -0.480 e. The van der Waals surface area contributed by atoms with Crippen molar-refractivity contribution in [2.24, 2.45) is 11.7 Å². The highest BCUT2D eigenvalue weighted by Gasteiger charge is 2.33. The second-order valence-corrected chi connectivity index (χ2v) is 4.29. The molecule has 0 bridgehead atoms. The minimum atomic E-state index is -0.897. The van der Waals surface area contributed by atoms with Gasteiger partial charge in [0.15, 0.2) is 0 Å². The van der Waals surface area contributed by atoms with Gasteiger partial charge < -0.3 is 15.6 Å². The predicted octanol–water partition coefficient (Wildman–Crippen LogP) is 1.38. The molecule has 1 aliphatic heterocycles. The summed E-state index contributed by atoms with van der Waals surface area (Å²) in [6, 6.07) is -0.739. The van der Waals surface area contributed by atoms with Crippen LogP contribution in [0.15, 0.2) is 0 Å². The number of ether oxygens (including phenoxy) is 1. The molecule has 0 aromatic rings. The molecule has 2 unspecified atom stereocenters. The molecule has 0 aromatic heterocycles. The zero-order chi connectivity index (χ0) is 11.4. The minimum absolute atomic E-state index is 0.0612. The molecule has 1 fully saturated rings. The Labute approximate surface area is 90.8 Å². The van der Waals surface area contributed by atoms with Crippen LogP contribution in [-0.4, -0.2) is 29.3 Å². The van der Waals surface area contributed by atoms with E-state index in [1.54, 1.807) is 0 Å². The topological polar surface area (TPSA) is 72.6 Å². The number of nitrogens with two attached hydrogens (primary N) is 1. The summed E-state index contributed by atoms with van der Waals surface area (Å²) >= 11 is 0. The molecule has 0 aliphatic carbocycles. The van der Waals surface area contributed by atoms with Crippen LogP contribution in [0.4, 0.5) is 0 Å². The van der Waals surface area contributed by atoms with E-state index in [-0.39, 0.29) is 18.1 Å². The fourth-order valence-corrected chi connectivity index (χ4v) is 2.18. The van der Waals surface area contributed by atoms with Gasteiger partial charge in [-0.1, -0.05) is 13.8 Å². The van der Waals surface area contributed by atoms with Crippen molar-refractivity contribution >= 4 is 5.97 Å². The van der Waals surface area contributed by atoms with E-state index in [2.05, 4.69) is 13.8 Å². The smallest absolute Gasteiger partial charge is 0.320 e. The molecule has 4 heteroatoms. The fraction of sp³-hybridized carbons (Fsp3) is 0.909. The van der Waals surface area contributed by atoms with Crippen molar-refractivity contribution in [1.29, 1.82) is 0 Å². The largest absolute Gasteiger partial charge is 0.480 e. The lowest BCUT2D eigenvalue weighted by atomic mass is 9.84. The quantitative estimate of drug-likeness (QED) is 0.743. The highest BCUT2D eigenvalue weighted by molar-refractivity contribution is 5.73. The SMILES string of the molecule is CC[C@@H]1CC(C(N)C(=O)O)C[C@H](CC)O1. The molecule has 88 valence electrons. The first-order valence-corrected chi connectivity index (χ1v) is 5.72. The van der Waals surface area contributed by atoms with E-state index >= 15 is 0 Å². The summed E-state index contributed by atoms with van der Waals surface area (Å²) in [5.74, 6) is -0.835. The van der Waals surface area contributed by atoms with Crippen LogP contribution in [-0.2, 0) is 9.53 Å². The molecule has 0 amide bonds. The van der Waals surface area contributed by atoms with E-state index in [1.165, 1.54) is 0 Å². The Balaban J connectivity index is 2.60. The number of carboxylic acids is 1. The van der Waals surface area contributed by atoms with Crippen LogP contribution >= 0.6 is 0 Å². The molecule has 15 heavy (non-hydrogen) atoms. The Bertz CT molecular complexity index is 208. The van der Waals surface area contributed by atoms with E-state index in [0.717, 1.165) is 25.7 Å². The number of carbonyl (C=O) groups is 1. The van der Waals surface area contributed by atoms with E-state index in [0.29, 0.717) is 0 Å². The Morgan fingerprint density at radius 2 is 1.87 bits per heavy atom. The van der Waals surface area contributed by atoms with Crippen LogP contribution in [0.1, 0.15) is 39.5 Å². The fourth-order valence-electron chi connectivity index (χ4n) is 2.18. The highest BCUT2D eigenvalue weighted by Crippen LogP contribution is 2.29. The van der Waals surface area contributed by atoms with Gasteiger partial charge in [0.05, 0.1) is 12.2 Å². The molecule has 0 aromatic carbocycles. The number of carboxylic acid groups (broad SMARTS) is 1. The Morgan fingerprint density at radius 1 is 1.40 bits per heavy atom. The maximum Gasteiger partial charge on any atom is 0.320 e. The summed E-state index contributed by atoms with van der Waals surface area (Å²) in [6.07, 6.45) is 3.78. The zero-order valence-corrected chi connectivity index (χ0v) is 9.48. The van der Waals surface area contributed by atoms with Crippen LogP contribution < -0.4 is 5.73 Å². The van der Waals surface area contributed by atoms with Crippen LogP contribution in [0, 0.1) is 5.92 Å². The molecule has 0 saturated carbocycles. The van der Waals surface area contributed by atoms with Crippen LogP contribution in [0.3, 0.4) is 0 Å². The summed E-state index contributed by atoms with van der Waals surface area (Å²) in [5, 5.41) is 8.89. The van der Waals surface area contributed by atoms with Crippen LogP contribution in [0.5, 0.6) is 0 Å². The van der Waals surface area contributed by atoms with Gasteiger partial charge >= 0.3 is 5.97 Å². The molecule has 4 nitrogen and oxygen atoms in total. The van der Waals surface area contributed by atoms with Crippen LogP contribution in [0.25, 0.3) is 0 Å². The molecular formula is C11H21NO3. The second-order valence-electron chi connectivity index (χ2n) is 4.29. The Kier molecular flexibility index (Phi) is 4.54. The molecule has 4 atom stereocenters. The maximum atomic E-state index is 10.8. The number of rotatable bonds is 4. The lowest BCUT2D eigenvalue weighted by molar-refractivity contribution is -0.143. The average molecular weight is 215 g/mol. The first kappa shape index (κ1) is 12.5. The molecule has 1 saturated heterocycles. The van der Waals surface area contributed by atoms with Crippen molar-refractivity contribution in [3.05, 3.63) is 0 Å². The van der Waals surface area contributed by atoms with Gasteiger partial charge in [0.2, 0.25) is 0 Å². The van der Waals surface area contributed by atoms with Gasteiger partial charge in [-0.3, -0.25) is 4.79 Å². The third-order valence-corrected chi connectivity index (χ3v) is 3.22. The van der Waals surface area contributed by atoms with Gasteiger partial charge in [0, 0.05) is 0 Å². The molecule has 0 radical (unpaired) electrons. The predicted molar refractivity (Wildman–Crippen MR) is 57.6 cm³/mol. The number of aliphatic carboxylic acids is 1. The van der Waals surface area contributed by atoms with Gasteiger partial charge in [-0.2, -0.15) is 0 Å². The normalized spacial score (nSPS) is 33.7. The van der Waals surface area contributed by atoms with Crippen molar-refractivity contribution in [2.45, 2.75) is 57.8 Å². The summed E-state index contributed by atoms with van der Waals surface area (Å²) in [4.78, 5) is 10.8. The Hall–Kier alpha value is -0.610. The van der Waals surface area contributed by atoms with Gasteiger partial charge in [-0.05, 0) is 31.6 Å². The summed E-state index contributed by atoms with van der Waals surface area (Å²) in [6.45, 7) is 4.12. The van der Waals surface area contributed by atoms with Crippen molar-refractivity contribution in [3.8, 4) is 0 Å². The van der Waals surface area contributed by atoms with Gasteiger partial charge in [-0.15, -0.1) is 0 Å². The second kappa shape index (κ2) is 5.47. The Morgan fingerprint density at radius 3 is 2.20 bits per heavy atom. The van der Waals surface area contributed by atoms with Crippen molar-refractivity contribution in [3.63, 3.8) is 0 Å². The van der Waals surface area contributed by atoms with Crippen molar-refractivity contribution in [1.82, 2.24) is 0 Å². The lowest BCUT2D eigenvalue weighted by Crippen LogP contribution is -2.45. The molecule has 1 aliphatic rings. The molecule has 1 heterocycles. The van der Waals surface area contributed by atoms with E-state index in [9.17, 15) is 4.79 Å². The molecule has 1 rings (SSSR count). The molecular weight excluding hydrogens is 194 g/mol. The first-order valence-electron chi connectivity index (χ1n) is 5.72. The van der Waals surface area contributed by atoms with Gasteiger partial charge in [0.25, 0.3) is 0 Å². The zero-order valence-electron chi connectivity index (χ0n) is 9.48.